The third-order valence-electron chi connectivity index (χ3n) is 8.57. The van der Waals surface area contributed by atoms with Crippen LogP contribution in [0.5, 0.6) is 5.75 Å². The molecular formula is C34H35Cl2F3N4O5. The SMILES string of the molecule is O=C(Nc1cc(-c2ccc(CN3CCCC3)cc2)ccc1C(=O)N[C@H](C(=O)O)C1CCCCC1)Nc1c(Cl)cc(OC(F)(F)F)cc1Cl. The Balaban J connectivity index is 1.40. The Morgan fingerprint density at radius 1 is 0.875 bits per heavy atom. The number of halogens is 5. The summed E-state index contributed by atoms with van der Waals surface area (Å²) in [5, 5.41) is 17.0. The van der Waals surface area contributed by atoms with Gasteiger partial charge in [0, 0.05) is 18.7 Å². The van der Waals surface area contributed by atoms with E-state index in [0.29, 0.717) is 18.4 Å². The molecule has 0 unspecified atom stereocenters. The molecule has 0 spiro atoms. The van der Waals surface area contributed by atoms with Crippen molar-refractivity contribution < 1.29 is 37.4 Å². The number of nitrogens with one attached hydrogen (secondary N) is 3. The number of alkyl halides is 3. The Morgan fingerprint density at radius 3 is 2.10 bits per heavy atom. The van der Waals surface area contributed by atoms with Crippen molar-refractivity contribution in [1.29, 1.82) is 0 Å². The number of aliphatic carboxylic acids is 1. The van der Waals surface area contributed by atoms with Crippen molar-refractivity contribution in [3.8, 4) is 16.9 Å². The number of likely N-dealkylation sites (tertiary alicyclic amines) is 1. The molecule has 1 aliphatic heterocycles. The van der Waals surface area contributed by atoms with Crippen LogP contribution in [0.25, 0.3) is 11.1 Å². The third kappa shape index (κ3) is 9.33. The van der Waals surface area contributed by atoms with Crippen LogP contribution in [0.2, 0.25) is 10.0 Å². The normalized spacial score (nSPS) is 16.3. The summed E-state index contributed by atoms with van der Waals surface area (Å²) in [4.78, 5) is 41.4. The number of carbonyl (C=O) groups excluding carboxylic acids is 2. The molecule has 2 aliphatic rings. The lowest BCUT2D eigenvalue weighted by Crippen LogP contribution is -2.46. The van der Waals surface area contributed by atoms with Gasteiger partial charge in [-0.15, -0.1) is 13.2 Å². The van der Waals surface area contributed by atoms with Gasteiger partial charge in [-0.3, -0.25) is 9.69 Å². The first-order valence-electron chi connectivity index (χ1n) is 15.7. The molecule has 5 rings (SSSR count). The van der Waals surface area contributed by atoms with Crippen molar-refractivity contribution in [2.24, 2.45) is 5.92 Å². The Hall–Kier alpha value is -4.00. The molecule has 0 aromatic heterocycles. The Labute approximate surface area is 285 Å². The molecule has 1 saturated carbocycles. The maximum atomic E-state index is 13.6. The van der Waals surface area contributed by atoms with Crippen LogP contribution in [-0.2, 0) is 11.3 Å². The molecule has 1 aliphatic carbocycles. The van der Waals surface area contributed by atoms with Crippen LogP contribution in [-0.4, -0.2) is 53.4 Å². The molecule has 256 valence electrons. The Bertz CT molecular complexity index is 1620. The number of hydrogen-bond donors (Lipinski definition) is 4. The number of urea groups is 1. The highest BCUT2D eigenvalue weighted by Gasteiger charge is 2.33. The van der Waals surface area contributed by atoms with Crippen LogP contribution >= 0.6 is 23.2 Å². The van der Waals surface area contributed by atoms with Gasteiger partial charge in [0.05, 0.1) is 27.0 Å². The molecule has 0 bridgehead atoms. The van der Waals surface area contributed by atoms with E-state index in [9.17, 15) is 32.7 Å². The van der Waals surface area contributed by atoms with Gasteiger partial charge in [-0.2, -0.15) is 0 Å². The number of benzene rings is 3. The first-order valence-corrected chi connectivity index (χ1v) is 16.4. The molecule has 3 aromatic rings. The molecule has 1 heterocycles. The number of ether oxygens (including phenoxy) is 1. The van der Waals surface area contributed by atoms with Gasteiger partial charge in [0.2, 0.25) is 0 Å². The molecule has 1 saturated heterocycles. The van der Waals surface area contributed by atoms with E-state index in [-0.39, 0.29) is 32.9 Å². The number of anilines is 2. The van der Waals surface area contributed by atoms with E-state index in [0.717, 1.165) is 62.2 Å². The van der Waals surface area contributed by atoms with E-state index < -0.39 is 36.1 Å². The number of carboxylic acid groups (broad SMARTS) is 1. The van der Waals surface area contributed by atoms with Gasteiger partial charge in [0.1, 0.15) is 11.8 Å². The average Bonchev–Trinajstić information content (AvgIpc) is 3.54. The smallest absolute Gasteiger partial charge is 0.480 e. The highest BCUT2D eigenvalue weighted by molar-refractivity contribution is 6.40. The van der Waals surface area contributed by atoms with Gasteiger partial charge >= 0.3 is 18.4 Å². The molecule has 48 heavy (non-hydrogen) atoms. The first-order chi connectivity index (χ1) is 22.9. The monoisotopic (exact) mass is 706 g/mol. The summed E-state index contributed by atoms with van der Waals surface area (Å²) >= 11 is 12.3. The lowest BCUT2D eigenvalue weighted by atomic mass is 9.83. The van der Waals surface area contributed by atoms with E-state index in [1.54, 1.807) is 12.1 Å². The zero-order chi connectivity index (χ0) is 34.4. The summed E-state index contributed by atoms with van der Waals surface area (Å²) < 4.78 is 41.9. The number of hydrogen-bond acceptors (Lipinski definition) is 5. The molecular weight excluding hydrogens is 672 g/mol. The highest BCUT2D eigenvalue weighted by atomic mass is 35.5. The summed E-state index contributed by atoms with van der Waals surface area (Å²) in [6, 6.07) is 12.4. The summed E-state index contributed by atoms with van der Waals surface area (Å²) in [7, 11) is 0. The molecule has 2 fully saturated rings. The predicted octanol–water partition coefficient (Wildman–Crippen LogP) is 8.56. The number of carboxylic acids is 1. The second-order valence-corrected chi connectivity index (χ2v) is 12.8. The fourth-order valence-corrected chi connectivity index (χ4v) is 6.78. The van der Waals surface area contributed by atoms with Gasteiger partial charge in [-0.25, -0.2) is 9.59 Å². The van der Waals surface area contributed by atoms with Gasteiger partial charge in [0.15, 0.2) is 0 Å². The summed E-state index contributed by atoms with van der Waals surface area (Å²) in [6.07, 6.45) is 1.49. The van der Waals surface area contributed by atoms with Crippen molar-refractivity contribution in [3.05, 3.63) is 75.8 Å². The predicted molar refractivity (Wildman–Crippen MR) is 178 cm³/mol. The molecule has 0 radical (unpaired) electrons. The van der Waals surface area contributed by atoms with E-state index >= 15 is 0 Å². The zero-order valence-electron chi connectivity index (χ0n) is 25.8. The molecule has 4 N–H and O–H groups in total. The zero-order valence-corrected chi connectivity index (χ0v) is 27.4. The van der Waals surface area contributed by atoms with Gasteiger partial charge in [-0.05, 0) is 73.5 Å². The average molecular weight is 708 g/mol. The number of rotatable bonds is 10. The molecule has 14 heteroatoms. The largest absolute Gasteiger partial charge is 0.573 e. The lowest BCUT2D eigenvalue weighted by molar-refractivity contribution is -0.274. The topological polar surface area (TPSA) is 120 Å². The van der Waals surface area contributed by atoms with Crippen molar-refractivity contribution in [3.63, 3.8) is 0 Å². The van der Waals surface area contributed by atoms with Crippen LogP contribution in [0.3, 0.4) is 0 Å². The second-order valence-electron chi connectivity index (χ2n) is 12.0. The maximum absolute atomic E-state index is 13.6. The van der Waals surface area contributed by atoms with Crippen LogP contribution in [0.1, 0.15) is 60.9 Å². The number of amides is 3. The minimum absolute atomic E-state index is 0.00716. The number of carbonyl (C=O) groups is 3. The van der Waals surface area contributed by atoms with Gasteiger partial charge in [0.25, 0.3) is 5.91 Å². The van der Waals surface area contributed by atoms with Crippen LogP contribution in [0.4, 0.5) is 29.3 Å². The van der Waals surface area contributed by atoms with Gasteiger partial charge < -0.3 is 25.8 Å². The first kappa shape index (κ1) is 35.3. The van der Waals surface area contributed by atoms with Crippen LogP contribution in [0, 0.1) is 5.92 Å². The van der Waals surface area contributed by atoms with Crippen molar-refractivity contribution in [2.45, 2.75) is 63.9 Å². The maximum Gasteiger partial charge on any atom is 0.573 e. The third-order valence-corrected chi connectivity index (χ3v) is 9.16. The number of nitrogens with zero attached hydrogens (tertiary/aromatic N) is 1. The van der Waals surface area contributed by atoms with Crippen molar-refractivity contribution in [2.75, 3.05) is 23.7 Å². The van der Waals surface area contributed by atoms with E-state index in [4.69, 9.17) is 23.2 Å². The quantitative estimate of drug-likeness (QED) is 0.168. The summed E-state index contributed by atoms with van der Waals surface area (Å²) in [5.41, 5.74) is 2.50. The van der Waals surface area contributed by atoms with E-state index in [1.807, 2.05) is 24.3 Å². The van der Waals surface area contributed by atoms with Crippen molar-refractivity contribution >= 4 is 52.5 Å². The Morgan fingerprint density at radius 2 is 1.50 bits per heavy atom. The standard InChI is InChI=1S/C34H35Cl2F3N4O5/c35-26-17-24(48-34(37,38)39)18-27(36)30(26)42-33(47)40-28-16-23(21-10-8-20(9-11-21)19-43-14-4-5-15-43)12-13-25(28)31(44)41-29(32(45)46)22-6-2-1-3-7-22/h8-13,16-18,22,29H,1-7,14-15,19H2,(H,41,44)(H,45,46)(H2,40,42,47)/t29-/m0/s1. The van der Waals surface area contributed by atoms with Gasteiger partial charge in [-0.1, -0.05) is 72.8 Å². The van der Waals surface area contributed by atoms with Crippen molar-refractivity contribution in [1.82, 2.24) is 10.2 Å². The van der Waals surface area contributed by atoms with E-state index in [2.05, 4.69) is 25.6 Å². The lowest BCUT2D eigenvalue weighted by Gasteiger charge is -2.28. The summed E-state index contributed by atoms with van der Waals surface area (Å²) in [6.45, 7) is 2.97. The molecule has 9 nitrogen and oxygen atoms in total. The molecule has 3 amide bonds. The van der Waals surface area contributed by atoms with Crippen LogP contribution in [0.15, 0.2) is 54.6 Å². The van der Waals surface area contributed by atoms with Crippen LogP contribution < -0.4 is 20.7 Å². The minimum atomic E-state index is -4.98. The minimum Gasteiger partial charge on any atom is -0.480 e. The highest BCUT2D eigenvalue weighted by Crippen LogP contribution is 2.37. The second kappa shape index (κ2) is 15.5. The fourth-order valence-electron chi connectivity index (χ4n) is 6.22. The van der Waals surface area contributed by atoms with E-state index in [1.165, 1.54) is 18.9 Å². The molecule has 3 aromatic carbocycles. The fraction of sp³-hybridized carbons (Fsp3) is 0.382. The molecule has 1 atom stereocenters. The summed E-state index contributed by atoms with van der Waals surface area (Å²) in [5.74, 6) is -2.74. The Kier molecular flexibility index (Phi) is 11.4.